The lowest BCUT2D eigenvalue weighted by molar-refractivity contribution is 0.0651. The molecule has 0 bridgehead atoms. The number of nitrogens with one attached hydrogen (secondary N) is 1. The number of rotatable bonds is 4. The molecular weight excluding hydrogens is 332 g/mol. The average molecular weight is 350 g/mol. The van der Waals surface area contributed by atoms with E-state index in [1.807, 2.05) is 41.3 Å². The maximum Gasteiger partial charge on any atom is 0.258 e. The van der Waals surface area contributed by atoms with Gasteiger partial charge in [0.15, 0.2) is 0 Å². The smallest absolute Gasteiger partial charge is 0.258 e. The van der Waals surface area contributed by atoms with Crippen molar-refractivity contribution in [2.45, 2.75) is 17.6 Å². The molecule has 1 amide bonds. The minimum atomic E-state index is -0.233. The summed E-state index contributed by atoms with van der Waals surface area (Å²) in [6, 6.07) is 19.7. The number of para-hydroxylation sites is 1. The van der Waals surface area contributed by atoms with Crippen molar-refractivity contribution in [1.29, 1.82) is 0 Å². The second-order valence-electron chi connectivity index (χ2n) is 5.88. The Morgan fingerprint density at radius 3 is 2.60 bits per heavy atom. The second-order valence-corrected chi connectivity index (χ2v) is 6.76. The lowest BCUT2D eigenvalue weighted by atomic mass is 10.0. The van der Waals surface area contributed by atoms with Gasteiger partial charge in [-0.15, -0.1) is 11.8 Å². The van der Waals surface area contributed by atoms with Crippen molar-refractivity contribution < 1.29 is 9.21 Å². The summed E-state index contributed by atoms with van der Waals surface area (Å²) in [7, 11) is 0. The van der Waals surface area contributed by atoms with Crippen molar-refractivity contribution in [3.05, 3.63) is 83.8 Å². The van der Waals surface area contributed by atoms with Crippen LogP contribution in [0.25, 0.3) is 0 Å². The van der Waals surface area contributed by atoms with Crippen LogP contribution in [0, 0.1) is 0 Å². The summed E-state index contributed by atoms with van der Waals surface area (Å²) >= 11 is 1.70. The molecule has 1 aromatic heterocycles. The molecule has 25 heavy (non-hydrogen) atoms. The van der Waals surface area contributed by atoms with Crippen molar-refractivity contribution in [3.8, 4) is 0 Å². The highest BCUT2D eigenvalue weighted by Crippen LogP contribution is 2.34. The third-order valence-corrected chi connectivity index (χ3v) is 5.10. The third-order valence-electron chi connectivity index (χ3n) is 4.36. The van der Waals surface area contributed by atoms with Gasteiger partial charge in [-0.25, -0.2) is 0 Å². The summed E-state index contributed by atoms with van der Waals surface area (Å²) in [6.07, 6.45) is 3.45. The van der Waals surface area contributed by atoms with Crippen LogP contribution in [0.1, 0.15) is 27.8 Å². The van der Waals surface area contributed by atoms with E-state index >= 15 is 0 Å². The van der Waals surface area contributed by atoms with Crippen LogP contribution in [-0.4, -0.2) is 17.1 Å². The molecule has 0 spiro atoms. The van der Waals surface area contributed by atoms with Gasteiger partial charge in [0.05, 0.1) is 18.4 Å². The van der Waals surface area contributed by atoms with E-state index in [0.717, 1.165) is 17.0 Å². The minimum absolute atomic E-state index is 0.00435. The standard InChI is InChI=1S/C20H18N2O2S/c1-25-16-10-8-14(9-11-16)19-21-18-7-3-2-6-17(18)20(23)22(19)13-15-5-4-12-24-15/h2-12,19,21H,13H2,1H3. The summed E-state index contributed by atoms with van der Waals surface area (Å²) in [5.41, 5.74) is 2.60. The van der Waals surface area contributed by atoms with E-state index in [-0.39, 0.29) is 12.1 Å². The number of anilines is 1. The lowest BCUT2D eigenvalue weighted by Crippen LogP contribution is -2.42. The number of fused-ring (bicyclic) bond motifs is 1. The number of carbonyl (C=O) groups is 1. The van der Waals surface area contributed by atoms with Gasteiger partial charge in [0.2, 0.25) is 0 Å². The highest BCUT2D eigenvalue weighted by atomic mass is 32.2. The Morgan fingerprint density at radius 1 is 1.08 bits per heavy atom. The molecule has 1 aliphatic heterocycles. The van der Waals surface area contributed by atoms with Gasteiger partial charge in [0.1, 0.15) is 11.9 Å². The first kappa shape index (κ1) is 15.8. The fourth-order valence-corrected chi connectivity index (χ4v) is 3.48. The summed E-state index contributed by atoms with van der Waals surface area (Å²) in [6.45, 7) is 0.419. The Labute approximate surface area is 150 Å². The van der Waals surface area contributed by atoms with Gasteiger partial charge in [0, 0.05) is 10.6 Å². The monoisotopic (exact) mass is 350 g/mol. The maximum atomic E-state index is 13.1. The second kappa shape index (κ2) is 6.69. The molecule has 0 saturated carbocycles. The Morgan fingerprint density at radius 2 is 1.88 bits per heavy atom. The normalized spacial score (nSPS) is 16.4. The van der Waals surface area contributed by atoms with Crippen molar-refractivity contribution in [2.75, 3.05) is 11.6 Å². The predicted octanol–water partition coefficient (Wildman–Crippen LogP) is 4.77. The zero-order chi connectivity index (χ0) is 17.2. The topological polar surface area (TPSA) is 45.5 Å². The summed E-state index contributed by atoms with van der Waals surface area (Å²) in [5, 5.41) is 3.50. The van der Waals surface area contributed by atoms with Crippen LogP contribution in [-0.2, 0) is 6.54 Å². The van der Waals surface area contributed by atoms with Gasteiger partial charge >= 0.3 is 0 Å². The van der Waals surface area contributed by atoms with E-state index in [0.29, 0.717) is 12.1 Å². The zero-order valence-corrected chi connectivity index (χ0v) is 14.6. The molecular formula is C20H18N2O2S. The summed E-state index contributed by atoms with van der Waals surface area (Å²) < 4.78 is 5.47. The van der Waals surface area contributed by atoms with Crippen LogP contribution in [0.4, 0.5) is 5.69 Å². The third kappa shape index (κ3) is 3.03. The van der Waals surface area contributed by atoms with Crippen molar-refractivity contribution in [1.82, 2.24) is 4.90 Å². The fourth-order valence-electron chi connectivity index (χ4n) is 3.08. The Kier molecular flexibility index (Phi) is 4.24. The van der Waals surface area contributed by atoms with Crippen LogP contribution >= 0.6 is 11.8 Å². The molecule has 3 aromatic rings. The first-order chi connectivity index (χ1) is 12.3. The highest BCUT2D eigenvalue weighted by molar-refractivity contribution is 7.98. The van der Waals surface area contributed by atoms with Crippen LogP contribution in [0.2, 0.25) is 0 Å². The number of carbonyl (C=O) groups excluding carboxylic acids is 1. The zero-order valence-electron chi connectivity index (χ0n) is 13.8. The predicted molar refractivity (Wildman–Crippen MR) is 99.6 cm³/mol. The molecule has 5 heteroatoms. The van der Waals surface area contributed by atoms with E-state index < -0.39 is 0 Å². The molecule has 4 nitrogen and oxygen atoms in total. The summed E-state index contributed by atoms with van der Waals surface area (Å²) in [4.78, 5) is 16.1. The molecule has 0 fully saturated rings. The van der Waals surface area contributed by atoms with Gasteiger partial charge in [-0.2, -0.15) is 0 Å². The summed E-state index contributed by atoms with van der Waals surface area (Å²) in [5.74, 6) is 0.768. The Balaban J connectivity index is 1.74. The molecule has 1 atom stereocenters. The number of furan rings is 1. The highest BCUT2D eigenvalue weighted by Gasteiger charge is 2.33. The van der Waals surface area contributed by atoms with Crippen molar-refractivity contribution in [3.63, 3.8) is 0 Å². The number of amides is 1. The number of hydrogen-bond acceptors (Lipinski definition) is 4. The first-order valence-electron chi connectivity index (χ1n) is 8.09. The van der Waals surface area contributed by atoms with Gasteiger partial charge in [0.25, 0.3) is 5.91 Å². The van der Waals surface area contributed by atoms with Gasteiger partial charge in [-0.05, 0) is 48.2 Å². The SMILES string of the molecule is CSc1ccc(C2Nc3ccccc3C(=O)N2Cc2ccco2)cc1. The fraction of sp³-hybridized carbons (Fsp3) is 0.150. The number of benzene rings is 2. The maximum absolute atomic E-state index is 13.1. The van der Waals surface area contributed by atoms with Crippen LogP contribution < -0.4 is 5.32 Å². The largest absolute Gasteiger partial charge is 0.467 e. The number of hydrogen-bond donors (Lipinski definition) is 1. The molecule has 2 aromatic carbocycles. The molecule has 126 valence electrons. The molecule has 0 radical (unpaired) electrons. The lowest BCUT2D eigenvalue weighted by Gasteiger charge is -2.37. The van der Waals surface area contributed by atoms with Crippen LogP contribution in [0.15, 0.2) is 76.2 Å². The molecule has 2 heterocycles. The van der Waals surface area contributed by atoms with Crippen LogP contribution in [0.3, 0.4) is 0 Å². The molecule has 0 aliphatic carbocycles. The number of thioether (sulfide) groups is 1. The molecule has 1 N–H and O–H groups in total. The molecule has 4 rings (SSSR count). The van der Waals surface area contributed by atoms with E-state index in [9.17, 15) is 4.79 Å². The van der Waals surface area contributed by atoms with E-state index in [4.69, 9.17) is 4.42 Å². The first-order valence-corrected chi connectivity index (χ1v) is 9.31. The number of nitrogens with zero attached hydrogens (tertiary/aromatic N) is 1. The van der Waals surface area contributed by atoms with Gasteiger partial charge < -0.3 is 14.6 Å². The van der Waals surface area contributed by atoms with E-state index in [1.165, 1.54) is 4.90 Å². The molecule has 1 unspecified atom stereocenters. The molecule has 0 saturated heterocycles. The van der Waals surface area contributed by atoms with Gasteiger partial charge in [-0.1, -0.05) is 24.3 Å². The average Bonchev–Trinajstić information content (AvgIpc) is 3.17. The Hall–Kier alpha value is -2.66. The van der Waals surface area contributed by atoms with Crippen molar-refractivity contribution >= 4 is 23.4 Å². The Bertz CT molecular complexity index is 875. The van der Waals surface area contributed by atoms with E-state index in [1.54, 1.807) is 18.0 Å². The van der Waals surface area contributed by atoms with Crippen molar-refractivity contribution in [2.24, 2.45) is 0 Å². The minimum Gasteiger partial charge on any atom is -0.467 e. The van der Waals surface area contributed by atoms with E-state index in [2.05, 4.69) is 35.8 Å². The molecule has 1 aliphatic rings. The van der Waals surface area contributed by atoms with Gasteiger partial charge in [-0.3, -0.25) is 4.79 Å². The quantitative estimate of drug-likeness (QED) is 0.689. The van der Waals surface area contributed by atoms with Crippen LogP contribution in [0.5, 0.6) is 0 Å².